The predicted octanol–water partition coefficient (Wildman–Crippen LogP) is 5.39. The molecule has 1 N–H and O–H groups in total. The van der Waals surface area contributed by atoms with Gasteiger partial charge in [0, 0.05) is 35.8 Å². The molecule has 4 aromatic rings. The van der Waals surface area contributed by atoms with Gasteiger partial charge < -0.3 is 9.88 Å². The Morgan fingerprint density at radius 2 is 1.94 bits per heavy atom. The summed E-state index contributed by atoms with van der Waals surface area (Å²) in [6.45, 7) is 0. The van der Waals surface area contributed by atoms with E-state index in [1.165, 1.54) is 22.9 Å². The van der Waals surface area contributed by atoms with Crippen molar-refractivity contribution < 1.29 is 4.79 Å². The molecule has 0 unspecified atom stereocenters. The number of aromatic amines is 1. The van der Waals surface area contributed by atoms with Crippen LogP contribution in [-0.2, 0) is 11.2 Å². The fraction of sp³-hybridized carbons (Fsp3) is 0.346. The third-order valence-corrected chi connectivity index (χ3v) is 7.86. The molecule has 1 fully saturated rings. The lowest BCUT2D eigenvalue weighted by molar-refractivity contribution is -0.129. The van der Waals surface area contributed by atoms with E-state index in [1.807, 2.05) is 30.3 Å². The van der Waals surface area contributed by atoms with Crippen LogP contribution in [0.15, 0.2) is 59.9 Å². The molecule has 1 amide bonds. The molecule has 0 aliphatic heterocycles. The van der Waals surface area contributed by atoms with Crippen molar-refractivity contribution in [2.45, 2.75) is 49.3 Å². The Morgan fingerprint density at radius 3 is 2.82 bits per heavy atom. The number of hydrogen-bond donors (Lipinski definition) is 1. The van der Waals surface area contributed by atoms with Crippen molar-refractivity contribution in [3.05, 3.63) is 65.9 Å². The Kier molecular flexibility index (Phi) is 5.21. The predicted molar refractivity (Wildman–Crippen MR) is 131 cm³/mol. The summed E-state index contributed by atoms with van der Waals surface area (Å²) in [6, 6.07) is 17.4. The van der Waals surface area contributed by atoms with E-state index in [9.17, 15) is 4.79 Å². The highest BCUT2D eigenvalue weighted by Gasteiger charge is 2.32. The number of nitrogens with one attached hydrogen (secondary N) is 1. The third-order valence-electron chi connectivity index (χ3n) is 6.93. The van der Waals surface area contributed by atoms with Crippen LogP contribution in [0.3, 0.4) is 0 Å². The van der Waals surface area contributed by atoms with E-state index < -0.39 is 0 Å². The molecule has 7 heteroatoms. The Bertz CT molecular complexity index is 1320. The molecule has 0 spiro atoms. The van der Waals surface area contributed by atoms with Crippen LogP contribution in [0.1, 0.15) is 48.9 Å². The lowest BCUT2D eigenvalue weighted by atomic mass is 9.87. The second-order valence-corrected chi connectivity index (χ2v) is 10.00. The van der Waals surface area contributed by atoms with Gasteiger partial charge in [0.05, 0.1) is 11.8 Å². The number of thioether (sulfide) groups is 1. The van der Waals surface area contributed by atoms with Crippen molar-refractivity contribution in [1.82, 2.24) is 24.6 Å². The van der Waals surface area contributed by atoms with Crippen LogP contribution in [0.2, 0.25) is 0 Å². The maximum absolute atomic E-state index is 13.2. The van der Waals surface area contributed by atoms with Crippen molar-refractivity contribution in [3.63, 3.8) is 0 Å². The minimum Gasteiger partial charge on any atom is -0.360 e. The highest BCUT2D eigenvalue weighted by Crippen LogP contribution is 2.42. The number of nitrogens with zero attached hydrogens (tertiary/aromatic N) is 4. The maximum Gasteiger partial charge on any atom is 0.233 e. The second kappa shape index (κ2) is 8.37. The molecule has 0 bridgehead atoms. The zero-order chi connectivity index (χ0) is 22.4. The van der Waals surface area contributed by atoms with Crippen LogP contribution in [0.4, 0.5) is 0 Å². The summed E-state index contributed by atoms with van der Waals surface area (Å²) >= 11 is 1.51. The topological polar surface area (TPSA) is 66.8 Å². The SMILES string of the molecule is CN(C(=O)CSc1nnc(-c2c[nH]c3ccccc23)n1C1CC1)[C@@H]1CCCc2ccccc21. The summed E-state index contributed by atoms with van der Waals surface area (Å²) in [5.74, 6) is 1.40. The monoisotopic (exact) mass is 457 g/mol. The molecular weight excluding hydrogens is 430 g/mol. The number of para-hydroxylation sites is 1. The Morgan fingerprint density at radius 1 is 1.12 bits per heavy atom. The minimum atomic E-state index is 0.140. The van der Waals surface area contributed by atoms with E-state index in [1.54, 1.807) is 0 Å². The van der Waals surface area contributed by atoms with Gasteiger partial charge in [-0.2, -0.15) is 0 Å². The molecular formula is C26H27N5OS. The third kappa shape index (κ3) is 3.74. The summed E-state index contributed by atoms with van der Waals surface area (Å²) in [5.41, 5.74) is 4.83. The molecule has 6 nitrogen and oxygen atoms in total. The van der Waals surface area contributed by atoms with Gasteiger partial charge >= 0.3 is 0 Å². The van der Waals surface area contributed by atoms with E-state index in [-0.39, 0.29) is 11.9 Å². The standard InChI is InChI=1S/C26H27N5OS/c1-30(23-12-6-8-17-7-2-3-9-19(17)23)24(32)16-33-26-29-28-25(31(26)18-13-14-18)21-15-27-22-11-5-4-10-20(21)22/h2-5,7,9-11,15,18,23,27H,6,8,12-14,16H2,1H3/t23-/m1/s1. The smallest absolute Gasteiger partial charge is 0.233 e. The molecule has 2 aromatic heterocycles. The van der Waals surface area contributed by atoms with Crippen LogP contribution >= 0.6 is 11.8 Å². The number of fused-ring (bicyclic) bond motifs is 2. The molecule has 2 aliphatic rings. The van der Waals surface area contributed by atoms with Gasteiger partial charge in [-0.15, -0.1) is 10.2 Å². The number of H-pyrrole nitrogens is 1. The lowest BCUT2D eigenvalue weighted by Crippen LogP contribution is -2.34. The zero-order valence-electron chi connectivity index (χ0n) is 18.7. The van der Waals surface area contributed by atoms with Crippen molar-refractivity contribution in [1.29, 1.82) is 0 Å². The average molecular weight is 458 g/mol. The number of aromatic nitrogens is 4. The molecule has 2 aliphatic carbocycles. The highest BCUT2D eigenvalue weighted by atomic mass is 32.2. The molecule has 1 atom stereocenters. The molecule has 6 rings (SSSR count). The first-order valence-electron chi connectivity index (χ1n) is 11.7. The van der Waals surface area contributed by atoms with Crippen LogP contribution < -0.4 is 0 Å². The first-order valence-corrected chi connectivity index (χ1v) is 12.7. The van der Waals surface area contributed by atoms with E-state index in [0.717, 1.165) is 59.6 Å². The first-order chi connectivity index (χ1) is 16.2. The van der Waals surface area contributed by atoms with Crippen LogP contribution in [0.25, 0.3) is 22.3 Å². The van der Waals surface area contributed by atoms with E-state index in [0.29, 0.717) is 11.8 Å². The van der Waals surface area contributed by atoms with E-state index >= 15 is 0 Å². The quantitative estimate of drug-likeness (QED) is 0.394. The number of benzene rings is 2. The number of carbonyl (C=O) groups is 1. The lowest BCUT2D eigenvalue weighted by Gasteiger charge is -2.33. The van der Waals surface area contributed by atoms with Gasteiger partial charge in [0.1, 0.15) is 0 Å². The summed E-state index contributed by atoms with van der Waals surface area (Å²) in [4.78, 5) is 18.5. The van der Waals surface area contributed by atoms with Crippen LogP contribution in [0, 0.1) is 0 Å². The van der Waals surface area contributed by atoms with Gasteiger partial charge in [-0.25, -0.2) is 0 Å². The molecule has 33 heavy (non-hydrogen) atoms. The van der Waals surface area contributed by atoms with Crippen LogP contribution in [-0.4, -0.2) is 43.4 Å². The fourth-order valence-corrected chi connectivity index (χ4v) is 5.94. The van der Waals surface area contributed by atoms with Gasteiger partial charge in [0.25, 0.3) is 0 Å². The average Bonchev–Trinajstić information content (AvgIpc) is 3.47. The molecule has 0 radical (unpaired) electrons. The van der Waals surface area contributed by atoms with Gasteiger partial charge in [-0.1, -0.05) is 54.2 Å². The van der Waals surface area contributed by atoms with Crippen molar-refractivity contribution in [3.8, 4) is 11.4 Å². The van der Waals surface area contributed by atoms with Gasteiger partial charge in [-0.05, 0) is 49.3 Å². The molecule has 0 saturated heterocycles. The normalized spacial score (nSPS) is 17.8. The van der Waals surface area contributed by atoms with E-state index in [2.05, 4.69) is 56.1 Å². The van der Waals surface area contributed by atoms with Gasteiger partial charge in [0.2, 0.25) is 5.91 Å². The fourth-order valence-electron chi connectivity index (χ4n) is 5.01. The summed E-state index contributed by atoms with van der Waals surface area (Å²) in [7, 11) is 1.94. The van der Waals surface area contributed by atoms with Crippen molar-refractivity contribution in [2.24, 2.45) is 0 Å². The highest BCUT2D eigenvalue weighted by molar-refractivity contribution is 7.99. The Hall–Kier alpha value is -3.06. The number of amides is 1. The Labute approximate surface area is 197 Å². The Balaban J connectivity index is 1.22. The molecule has 1 saturated carbocycles. The second-order valence-electron chi connectivity index (χ2n) is 9.06. The van der Waals surface area contributed by atoms with Crippen molar-refractivity contribution in [2.75, 3.05) is 12.8 Å². The molecule has 2 aromatic carbocycles. The number of aryl methyl sites for hydroxylation is 1. The van der Waals surface area contributed by atoms with E-state index in [4.69, 9.17) is 0 Å². The minimum absolute atomic E-state index is 0.140. The first kappa shape index (κ1) is 20.5. The van der Waals surface area contributed by atoms with Crippen LogP contribution in [0.5, 0.6) is 0 Å². The molecule has 2 heterocycles. The largest absolute Gasteiger partial charge is 0.360 e. The maximum atomic E-state index is 13.2. The molecule has 168 valence electrons. The summed E-state index contributed by atoms with van der Waals surface area (Å²) in [6.07, 6.45) is 7.52. The summed E-state index contributed by atoms with van der Waals surface area (Å²) < 4.78 is 2.24. The number of hydrogen-bond acceptors (Lipinski definition) is 4. The number of rotatable bonds is 6. The van der Waals surface area contributed by atoms with Gasteiger partial charge in [-0.3, -0.25) is 9.36 Å². The van der Waals surface area contributed by atoms with Gasteiger partial charge in [0.15, 0.2) is 11.0 Å². The number of carbonyl (C=O) groups excluding carboxylic acids is 1. The summed E-state index contributed by atoms with van der Waals surface area (Å²) in [5, 5.41) is 11.1. The zero-order valence-corrected chi connectivity index (χ0v) is 19.5. The van der Waals surface area contributed by atoms with Crippen molar-refractivity contribution >= 4 is 28.6 Å².